The molecule has 23 heavy (non-hydrogen) atoms. The first kappa shape index (κ1) is 16.5. The predicted octanol–water partition coefficient (Wildman–Crippen LogP) is 3.44. The van der Waals surface area contributed by atoms with Crippen LogP contribution >= 0.6 is 11.3 Å². The average molecular weight is 331 g/mol. The number of thiazole rings is 1. The zero-order valence-electron chi connectivity index (χ0n) is 12.7. The minimum atomic E-state index is -0.546. The number of nitriles is 1. The van der Waals surface area contributed by atoms with Crippen molar-refractivity contribution in [1.82, 2.24) is 4.98 Å². The van der Waals surface area contributed by atoms with Crippen LogP contribution in [0.15, 0.2) is 17.5 Å². The Morgan fingerprint density at radius 3 is 2.57 bits per heavy atom. The van der Waals surface area contributed by atoms with Crippen molar-refractivity contribution < 1.29 is 14.4 Å². The van der Waals surface area contributed by atoms with Crippen molar-refractivity contribution >= 4 is 28.7 Å². The molecule has 0 unspecified atom stereocenters. The molecular weight excluding hydrogens is 318 g/mol. The number of nitrogens with zero attached hydrogens (tertiary/aromatic N) is 3. The van der Waals surface area contributed by atoms with E-state index in [1.807, 2.05) is 12.3 Å². The Morgan fingerprint density at radius 2 is 2.09 bits per heavy atom. The molecular formula is C15H13N3O4S. The predicted molar refractivity (Wildman–Crippen MR) is 86.5 cm³/mol. The van der Waals surface area contributed by atoms with Gasteiger partial charge in [0.05, 0.1) is 24.7 Å². The number of aromatic nitrogens is 1. The van der Waals surface area contributed by atoms with Gasteiger partial charge in [0.1, 0.15) is 16.8 Å². The molecule has 0 saturated heterocycles. The normalized spacial score (nSPS) is 11.0. The van der Waals surface area contributed by atoms with Gasteiger partial charge in [0, 0.05) is 28.8 Å². The highest BCUT2D eigenvalue weighted by atomic mass is 32.1. The summed E-state index contributed by atoms with van der Waals surface area (Å²) in [4.78, 5) is 14.9. The number of hydrogen-bond acceptors (Lipinski definition) is 7. The van der Waals surface area contributed by atoms with Gasteiger partial charge in [0.2, 0.25) is 5.75 Å². The number of nitro groups is 1. The molecule has 0 fully saturated rings. The fraction of sp³-hybridized carbons (Fsp3) is 0.200. The molecule has 0 radical (unpaired) electrons. The van der Waals surface area contributed by atoms with Crippen LogP contribution in [-0.4, -0.2) is 24.1 Å². The summed E-state index contributed by atoms with van der Waals surface area (Å²) >= 11 is 1.33. The van der Waals surface area contributed by atoms with Gasteiger partial charge in [-0.05, 0) is 13.0 Å². The van der Waals surface area contributed by atoms with E-state index in [-0.39, 0.29) is 11.4 Å². The summed E-state index contributed by atoms with van der Waals surface area (Å²) in [6.45, 7) is 1.83. The molecule has 0 bridgehead atoms. The molecule has 7 nitrogen and oxygen atoms in total. The molecule has 0 saturated carbocycles. The van der Waals surface area contributed by atoms with Crippen molar-refractivity contribution in [3.63, 3.8) is 0 Å². The molecule has 0 spiro atoms. The zero-order chi connectivity index (χ0) is 17.0. The van der Waals surface area contributed by atoms with E-state index >= 15 is 0 Å². The molecule has 0 N–H and O–H groups in total. The highest BCUT2D eigenvalue weighted by Gasteiger charge is 2.19. The second-order valence-corrected chi connectivity index (χ2v) is 5.35. The Labute approximate surface area is 136 Å². The van der Waals surface area contributed by atoms with E-state index in [1.54, 1.807) is 0 Å². The van der Waals surface area contributed by atoms with Crippen LogP contribution in [0, 0.1) is 28.4 Å². The number of ether oxygens (including phenoxy) is 2. The van der Waals surface area contributed by atoms with Crippen LogP contribution in [0.3, 0.4) is 0 Å². The van der Waals surface area contributed by atoms with Crippen LogP contribution in [-0.2, 0) is 0 Å². The van der Waals surface area contributed by atoms with Crippen LogP contribution in [0.2, 0.25) is 0 Å². The number of aryl methyl sites for hydroxylation is 1. The Morgan fingerprint density at radius 1 is 1.39 bits per heavy atom. The van der Waals surface area contributed by atoms with Gasteiger partial charge >= 0.3 is 5.69 Å². The van der Waals surface area contributed by atoms with E-state index in [0.717, 1.165) is 5.69 Å². The molecule has 2 rings (SSSR count). The van der Waals surface area contributed by atoms with Crippen molar-refractivity contribution in [1.29, 1.82) is 5.26 Å². The average Bonchev–Trinajstić information content (AvgIpc) is 2.97. The molecule has 1 heterocycles. The summed E-state index contributed by atoms with van der Waals surface area (Å²) < 4.78 is 10.2. The molecule has 0 aliphatic carbocycles. The van der Waals surface area contributed by atoms with Gasteiger partial charge in [-0.15, -0.1) is 11.3 Å². The lowest BCUT2D eigenvalue weighted by atomic mass is 10.1. The maximum atomic E-state index is 11.1. The number of allylic oxidation sites excluding steroid dienone is 1. The van der Waals surface area contributed by atoms with Gasteiger partial charge in [-0.2, -0.15) is 5.26 Å². The van der Waals surface area contributed by atoms with Crippen molar-refractivity contribution in [2.75, 3.05) is 14.2 Å². The van der Waals surface area contributed by atoms with E-state index in [9.17, 15) is 15.4 Å². The van der Waals surface area contributed by atoms with Crippen molar-refractivity contribution in [2.24, 2.45) is 0 Å². The maximum absolute atomic E-state index is 11.1. The number of nitro benzene ring substituents is 1. The summed E-state index contributed by atoms with van der Waals surface area (Å²) in [5.41, 5.74) is 1.32. The summed E-state index contributed by atoms with van der Waals surface area (Å²) in [5, 5.41) is 22.9. The van der Waals surface area contributed by atoms with E-state index in [4.69, 9.17) is 9.47 Å². The molecule has 1 aromatic heterocycles. The highest BCUT2D eigenvalue weighted by molar-refractivity contribution is 7.11. The number of methoxy groups -OCH3 is 2. The lowest BCUT2D eigenvalue weighted by Crippen LogP contribution is -1.97. The molecule has 0 atom stereocenters. The van der Waals surface area contributed by atoms with E-state index in [1.165, 1.54) is 43.8 Å². The molecule has 118 valence electrons. The Hall–Kier alpha value is -2.92. The molecule has 1 aromatic carbocycles. The van der Waals surface area contributed by atoms with Crippen LogP contribution < -0.4 is 9.47 Å². The quantitative estimate of drug-likeness (QED) is 0.473. The van der Waals surface area contributed by atoms with Gasteiger partial charge in [0.25, 0.3) is 0 Å². The number of benzene rings is 1. The molecule has 2 aromatic rings. The Balaban J connectivity index is 2.61. The zero-order valence-corrected chi connectivity index (χ0v) is 13.5. The Kier molecular flexibility index (Phi) is 4.93. The first-order valence-corrected chi connectivity index (χ1v) is 7.32. The third-order valence-electron chi connectivity index (χ3n) is 3.00. The third-order valence-corrected chi connectivity index (χ3v) is 3.99. The highest BCUT2D eigenvalue weighted by Crippen LogP contribution is 2.36. The van der Waals surface area contributed by atoms with Crippen molar-refractivity contribution in [3.05, 3.63) is 43.9 Å². The van der Waals surface area contributed by atoms with Crippen LogP contribution in [0.1, 0.15) is 16.3 Å². The van der Waals surface area contributed by atoms with Crippen molar-refractivity contribution in [2.45, 2.75) is 6.92 Å². The molecule has 8 heteroatoms. The summed E-state index contributed by atoms with van der Waals surface area (Å²) in [7, 11) is 2.79. The lowest BCUT2D eigenvalue weighted by Gasteiger charge is -2.08. The van der Waals surface area contributed by atoms with Crippen LogP contribution in [0.4, 0.5) is 5.69 Å². The van der Waals surface area contributed by atoms with E-state index in [2.05, 4.69) is 11.1 Å². The second-order valence-electron chi connectivity index (χ2n) is 4.49. The molecule has 0 aliphatic heterocycles. The summed E-state index contributed by atoms with van der Waals surface area (Å²) in [5.74, 6) is 0.459. The topological polar surface area (TPSA) is 98.3 Å². The van der Waals surface area contributed by atoms with Gasteiger partial charge in [-0.25, -0.2) is 4.98 Å². The fourth-order valence-electron chi connectivity index (χ4n) is 1.94. The van der Waals surface area contributed by atoms with E-state index < -0.39 is 4.92 Å². The largest absolute Gasteiger partial charge is 0.496 e. The monoisotopic (exact) mass is 331 g/mol. The molecule has 0 amide bonds. The van der Waals surface area contributed by atoms with Gasteiger partial charge < -0.3 is 9.47 Å². The van der Waals surface area contributed by atoms with Gasteiger partial charge in [-0.3, -0.25) is 10.1 Å². The van der Waals surface area contributed by atoms with Crippen LogP contribution in [0.5, 0.6) is 11.5 Å². The fourth-order valence-corrected chi connectivity index (χ4v) is 2.70. The summed E-state index contributed by atoms with van der Waals surface area (Å²) in [6.07, 6.45) is 1.52. The minimum Gasteiger partial charge on any atom is -0.496 e. The lowest BCUT2D eigenvalue weighted by molar-refractivity contribution is -0.385. The second kappa shape index (κ2) is 6.89. The summed E-state index contributed by atoms with van der Waals surface area (Å²) in [6, 6.07) is 4.80. The first-order valence-electron chi connectivity index (χ1n) is 6.44. The Bertz CT molecular complexity index is 821. The van der Waals surface area contributed by atoms with Crippen LogP contribution in [0.25, 0.3) is 11.6 Å². The number of rotatable bonds is 5. The van der Waals surface area contributed by atoms with Crippen molar-refractivity contribution in [3.8, 4) is 17.6 Å². The smallest absolute Gasteiger partial charge is 0.311 e. The van der Waals surface area contributed by atoms with Gasteiger partial charge in [-0.1, -0.05) is 0 Å². The van der Waals surface area contributed by atoms with E-state index in [0.29, 0.717) is 21.9 Å². The standard InChI is InChI=1S/C15H13N3O4S/c1-9-8-23-15(17-9)11(7-16)4-10-5-12(18(19)20)14(22-3)6-13(10)21-2/h4-6,8H,1-3H3/b11-4-. The first-order chi connectivity index (χ1) is 11.0. The number of hydrogen-bond donors (Lipinski definition) is 0. The minimum absolute atomic E-state index is 0.0904. The third kappa shape index (κ3) is 3.46. The maximum Gasteiger partial charge on any atom is 0.311 e. The molecule has 0 aliphatic rings. The SMILES string of the molecule is COc1cc(OC)c([N+](=O)[O-])cc1/C=C(/C#N)c1nc(C)cs1. The van der Waals surface area contributed by atoms with Gasteiger partial charge in [0.15, 0.2) is 0 Å².